The fourth-order valence-corrected chi connectivity index (χ4v) is 0.291. The van der Waals surface area contributed by atoms with E-state index in [1.54, 1.807) is 0 Å². The van der Waals surface area contributed by atoms with Gasteiger partial charge in [0.1, 0.15) is 12.1 Å². The highest BCUT2D eigenvalue weighted by Crippen LogP contribution is 2.24. The van der Waals surface area contributed by atoms with E-state index in [0.717, 1.165) is 13.8 Å². The Bertz CT molecular complexity index is 191. The second-order valence-electron chi connectivity index (χ2n) is 2.41. The Morgan fingerprint density at radius 3 is 1.60 bits per heavy atom. The van der Waals surface area contributed by atoms with Gasteiger partial charge in [-0.2, -0.15) is 10.5 Å². The van der Waals surface area contributed by atoms with Crippen molar-refractivity contribution < 1.29 is 9.50 Å². The molecule has 0 saturated heterocycles. The summed E-state index contributed by atoms with van der Waals surface area (Å²) in [5.74, 6) is 0. The molecule has 3 nitrogen and oxygen atoms in total. The number of alkyl halides is 1. The summed E-state index contributed by atoms with van der Waals surface area (Å²) in [5, 5.41) is 25.2. The van der Waals surface area contributed by atoms with Crippen LogP contribution < -0.4 is 0 Å². The number of aliphatic hydroxyl groups is 1. The van der Waals surface area contributed by atoms with Crippen molar-refractivity contribution in [3.8, 4) is 12.1 Å². The van der Waals surface area contributed by atoms with Crippen LogP contribution in [0, 0.1) is 22.7 Å². The molecule has 0 atom stereocenters. The third kappa shape index (κ3) is 1.23. The number of halogens is 1. The second-order valence-corrected chi connectivity index (χ2v) is 2.41. The lowest BCUT2D eigenvalue weighted by molar-refractivity contribution is 0.00183. The highest BCUT2D eigenvalue weighted by Gasteiger charge is 2.45. The van der Waals surface area contributed by atoms with Gasteiger partial charge in [-0.1, -0.05) is 0 Å². The zero-order chi connectivity index (χ0) is 8.41. The van der Waals surface area contributed by atoms with Crippen molar-refractivity contribution in [3.05, 3.63) is 0 Å². The standard InChI is InChI=1S/C6H7FN2O/c1-5(2,7)6(10,3-8)4-9/h10H,1-2H3. The third-order valence-electron chi connectivity index (χ3n) is 1.18. The van der Waals surface area contributed by atoms with E-state index < -0.39 is 11.3 Å². The van der Waals surface area contributed by atoms with E-state index in [4.69, 9.17) is 15.6 Å². The van der Waals surface area contributed by atoms with Crippen LogP contribution in [-0.4, -0.2) is 16.4 Å². The largest absolute Gasteiger partial charge is 0.362 e. The van der Waals surface area contributed by atoms with Crippen molar-refractivity contribution in [1.82, 2.24) is 0 Å². The van der Waals surface area contributed by atoms with Crippen LogP contribution in [0.1, 0.15) is 13.8 Å². The second kappa shape index (κ2) is 2.24. The van der Waals surface area contributed by atoms with Gasteiger partial charge in [0.25, 0.3) is 5.60 Å². The summed E-state index contributed by atoms with van der Waals surface area (Å²) in [6.45, 7) is 1.94. The van der Waals surface area contributed by atoms with Crippen LogP contribution in [0.5, 0.6) is 0 Å². The summed E-state index contributed by atoms with van der Waals surface area (Å²) < 4.78 is 12.7. The van der Waals surface area contributed by atoms with Crippen molar-refractivity contribution in [2.24, 2.45) is 0 Å². The predicted molar refractivity (Wildman–Crippen MR) is 31.4 cm³/mol. The summed E-state index contributed by atoms with van der Waals surface area (Å²) in [4.78, 5) is 0. The molecule has 0 amide bonds. The van der Waals surface area contributed by atoms with Gasteiger partial charge < -0.3 is 5.11 Å². The first-order chi connectivity index (χ1) is 4.37. The van der Waals surface area contributed by atoms with Crippen LogP contribution >= 0.6 is 0 Å². The van der Waals surface area contributed by atoms with E-state index in [0.29, 0.717) is 0 Å². The SMILES string of the molecule is CC(C)(F)C(O)(C#N)C#N. The van der Waals surface area contributed by atoms with Gasteiger partial charge in [-0.05, 0) is 13.8 Å². The number of hydrogen-bond acceptors (Lipinski definition) is 3. The normalized spacial score (nSPS) is 11.8. The van der Waals surface area contributed by atoms with Gasteiger partial charge >= 0.3 is 0 Å². The molecule has 0 rings (SSSR count). The number of nitrogens with zero attached hydrogens (tertiary/aromatic N) is 2. The highest BCUT2D eigenvalue weighted by atomic mass is 19.1. The molecule has 0 heterocycles. The topological polar surface area (TPSA) is 67.8 Å². The maximum atomic E-state index is 12.7. The van der Waals surface area contributed by atoms with Crippen LogP contribution in [0.2, 0.25) is 0 Å². The lowest BCUT2D eigenvalue weighted by Gasteiger charge is -2.22. The lowest BCUT2D eigenvalue weighted by atomic mass is 9.91. The summed E-state index contributed by atoms with van der Waals surface area (Å²) in [6, 6.07) is 2.38. The van der Waals surface area contributed by atoms with Crippen LogP contribution in [0.15, 0.2) is 0 Å². The van der Waals surface area contributed by atoms with Gasteiger partial charge in [0.2, 0.25) is 0 Å². The predicted octanol–water partition coefficient (Wildman–Crippen LogP) is 0.513. The molecule has 0 fully saturated rings. The Balaban J connectivity index is 4.77. The minimum Gasteiger partial charge on any atom is -0.362 e. The van der Waals surface area contributed by atoms with Gasteiger partial charge in [-0.3, -0.25) is 0 Å². The minimum atomic E-state index is -2.53. The maximum Gasteiger partial charge on any atom is 0.272 e. The smallest absolute Gasteiger partial charge is 0.272 e. The summed E-state index contributed by atoms with van der Waals surface area (Å²) in [6.07, 6.45) is 0. The van der Waals surface area contributed by atoms with Crippen LogP contribution in [0.25, 0.3) is 0 Å². The number of rotatable bonds is 1. The molecule has 0 radical (unpaired) electrons. The molecule has 0 spiro atoms. The molecule has 10 heavy (non-hydrogen) atoms. The van der Waals surface area contributed by atoms with Crippen LogP contribution in [0.4, 0.5) is 4.39 Å². The molecule has 0 unspecified atom stereocenters. The molecule has 0 aromatic heterocycles. The average Bonchev–Trinajstić information content (AvgIpc) is 1.84. The molecule has 0 aliphatic carbocycles. The quantitative estimate of drug-likeness (QED) is 0.542. The summed E-state index contributed by atoms with van der Waals surface area (Å²) in [7, 11) is 0. The van der Waals surface area contributed by atoms with Crippen molar-refractivity contribution in [2.75, 3.05) is 0 Å². The van der Waals surface area contributed by atoms with E-state index in [-0.39, 0.29) is 0 Å². The van der Waals surface area contributed by atoms with Gasteiger partial charge in [0, 0.05) is 0 Å². The van der Waals surface area contributed by atoms with Crippen molar-refractivity contribution in [1.29, 1.82) is 10.5 Å². The first-order valence-electron chi connectivity index (χ1n) is 2.61. The molecular weight excluding hydrogens is 135 g/mol. The third-order valence-corrected chi connectivity index (χ3v) is 1.18. The van der Waals surface area contributed by atoms with Crippen molar-refractivity contribution >= 4 is 0 Å². The Morgan fingerprint density at radius 2 is 1.60 bits per heavy atom. The molecule has 0 saturated carbocycles. The molecule has 54 valence electrons. The molecule has 0 bridgehead atoms. The van der Waals surface area contributed by atoms with Gasteiger partial charge in [-0.25, -0.2) is 4.39 Å². The number of hydrogen-bond donors (Lipinski definition) is 1. The first kappa shape index (κ1) is 8.87. The first-order valence-corrected chi connectivity index (χ1v) is 2.61. The average molecular weight is 142 g/mol. The molecule has 4 heteroatoms. The molecule has 1 N–H and O–H groups in total. The van der Waals surface area contributed by atoms with Gasteiger partial charge in [0.15, 0.2) is 5.67 Å². The summed E-state index contributed by atoms with van der Waals surface area (Å²) in [5.41, 5.74) is -4.75. The minimum absolute atomic E-state index is 0.972. The van der Waals surface area contributed by atoms with E-state index in [9.17, 15) is 4.39 Å². The van der Waals surface area contributed by atoms with E-state index in [1.807, 2.05) is 0 Å². The fourth-order valence-electron chi connectivity index (χ4n) is 0.291. The van der Waals surface area contributed by atoms with E-state index in [2.05, 4.69) is 0 Å². The Hall–Kier alpha value is -1.13. The van der Waals surface area contributed by atoms with Crippen LogP contribution in [0.3, 0.4) is 0 Å². The molecule has 0 aromatic carbocycles. The molecule has 0 aromatic rings. The monoisotopic (exact) mass is 142 g/mol. The van der Waals surface area contributed by atoms with Crippen molar-refractivity contribution in [2.45, 2.75) is 25.1 Å². The summed E-state index contributed by atoms with van der Waals surface area (Å²) >= 11 is 0. The highest BCUT2D eigenvalue weighted by molar-refractivity contribution is 5.23. The van der Waals surface area contributed by atoms with Gasteiger partial charge in [0.05, 0.1) is 0 Å². The number of nitriles is 2. The lowest BCUT2D eigenvalue weighted by Crippen LogP contribution is -2.44. The maximum absolute atomic E-state index is 12.7. The Kier molecular flexibility index (Phi) is 1.99. The Labute approximate surface area is 58.3 Å². The molecule has 0 aliphatic rings. The Morgan fingerprint density at radius 1 is 1.30 bits per heavy atom. The molecule has 0 aliphatic heterocycles. The van der Waals surface area contributed by atoms with Crippen molar-refractivity contribution in [3.63, 3.8) is 0 Å². The zero-order valence-corrected chi connectivity index (χ0v) is 5.72. The zero-order valence-electron chi connectivity index (χ0n) is 5.72. The molecular formula is C6H7FN2O. The van der Waals surface area contributed by atoms with Gasteiger partial charge in [-0.15, -0.1) is 0 Å². The van der Waals surface area contributed by atoms with E-state index in [1.165, 1.54) is 12.1 Å². The fraction of sp³-hybridized carbons (Fsp3) is 0.667. The van der Waals surface area contributed by atoms with Crippen LogP contribution in [-0.2, 0) is 0 Å². The van der Waals surface area contributed by atoms with E-state index >= 15 is 0 Å².